The normalized spacial score (nSPS) is 11.7. The van der Waals surface area contributed by atoms with Crippen LogP contribution >= 0.6 is 0 Å². The molecular weight excluding hydrogens is 256 g/mol. The van der Waals surface area contributed by atoms with Crippen LogP contribution in [0.3, 0.4) is 0 Å². The van der Waals surface area contributed by atoms with Crippen molar-refractivity contribution < 1.29 is 18.5 Å². The third-order valence-corrected chi connectivity index (χ3v) is 2.76. The van der Waals surface area contributed by atoms with E-state index >= 15 is 0 Å². The van der Waals surface area contributed by atoms with Crippen LogP contribution < -0.4 is 0 Å². The van der Waals surface area contributed by atoms with Gasteiger partial charge in [-0.15, -0.1) is 0 Å². The number of Topliss-reactive ketones (excluding diaryl/α,β-unsaturated/α-hetero) is 1. The van der Waals surface area contributed by atoms with E-state index in [4.69, 9.17) is 0 Å². The fourth-order valence-electron chi connectivity index (χ4n) is 1.50. The summed E-state index contributed by atoms with van der Waals surface area (Å²) in [5, 5.41) is 10.6. The smallest absolute Gasteiger partial charge is 0.269 e. The summed E-state index contributed by atoms with van der Waals surface area (Å²) in [6, 6.07) is 3.19. The number of hydrogen-bond acceptors (Lipinski definition) is 3. The summed E-state index contributed by atoms with van der Waals surface area (Å²) in [5.74, 6) is -0.191. The van der Waals surface area contributed by atoms with Gasteiger partial charge in [0, 0.05) is 29.5 Å². The van der Waals surface area contributed by atoms with E-state index in [1.165, 1.54) is 6.07 Å². The number of carbonyl (C=O) groups is 1. The first-order valence-electron chi connectivity index (χ1n) is 5.71. The van der Waals surface area contributed by atoms with E-state index < -0.39 is 28.0 Å². The second kappa shape index (κ2) is 5.42. The Morgan fingerprint density at radius 2 is 1.95 bits per heavy atom. The fourth-order valence-corrected chi connectivity index (χ4v) is 1.50. The number of non-ortho nitro benzene ring substituents is 1. The van der Waals surface area contributed by atoms with E-state index in [-0.39, 0.29) is 17.8 Å². The number of nitrogens with zero attached hydrogens (tertiary/aromatic N) is 1. The summed E-state index contributed by atoms with van der Waals surface area (Å²) >= 11 is 0. The zero-order valence-corrected chi connectivity index (χ0v) is 10.9. The first-order chi connectivity index (χ1) is 8.62. The molecule has 0 radical (unpaired) electrons. The summed E-state index contributed by atoms with van der Waals surface area (Å²) in [7, 11) is 0. The Morgan fingerprint density at radius 3 is 2.37 bits per heavy atom. The minimum atomic E-state index is -2.84. The van der Waals surface area contributed by atoms with Crippen molar-refractivity contribution in [2.75, 3.05) is 0 Å². The highest BCUT2D eigenvalue weighted by atomic mass is 19.3. The topological polar surface area (TPSA) is 60.2 Å². The molecule has 0 aliphatic carbocycles. The average molecular weight is 271 g/mol. The van der Waals surface area contributed by atoms with E-state index in [2.05, 4.69) is 0 Å². The Balaban J connectivity index is 3.14. The zero-order valence-electron chi connectivity index (χ0n) is 10.9. The van der Waals surface area contributed by atoms with Gasteiger partial charge in [-0.2, -0.15) is 0 Å². The maximum atomic E-state index is 12.9. The molecule has 0 fully saturated rings. The quantitative estimate of drug-likeness (QED) is 0.619. The molecule has 0 N–H and O–H groups in total. The van der Waals surface area contributed by atoms with Crippen molar-refractivity contribution in [3.63, 3.8) is 0 Å². The van der Waals surface area contributed by atoms with Crippen LogP contribution in [0.1, 0.15) is 38.3 Å². The number of nitro benzene ring substituents is 1. The van der Waals surface area contributed by atoms with Gasteiger partial charge in [-0.05, 0) is 5.56 Å². The Kier molecular flexibility index (Phi) is 4.34. The summed E-state index contributed by atoms with van der Waals surface area (Å²) in [5.41, 5.74) is -1.35. The third kappa shape index (κ3) is 3.81. The lowest BCUT2D eigenvalue weighted by atomic mass is 9.86. The standard InChI is InChI=1S/C13H15F2NO3/c1-13(2,3)11(17)6-8-4-5-9(16(18)19)7-10(8)12(14)15/h4-5,7,12H,6H2,1-3H3. The molecule has 0 spiro atoms. The van der Waals surface area contributed by atoms with Gasteiger partial charge in [0.2, 0.25) is 0 Å². The van der Waals surface area contributed by atoms with E-state index in [0.29, 0.717) is 0 Å². The van der Waals surface area contributed by atoms with Crippen molar-refractivity contribution in [3.8, 4) is 0 Å². The number of carbonyl (C=O) groups excluding carboxylic acids is 1. The zero-order chi connectivity index (χ0) is 14.8. The van der Waals surface area contributed by atoms with Gasteiger partial charge in [0.1, 0.15) is 5.78 Å². The van der Waals surface area contributed by atoms with Crippen molar-refractivity contribution >= 4 is 11.5 Å². The van der Waals surface area contributed by atoms with Crippen molar-refractivity contribution in [1.29, 1.82) is 0 Å². The second-order valence-electron chi connectivity index (χ2n) is 5.29. The van der Waals surface area contributed by atoms with Crippen LogP contribution in [0.4, 0.5) is 14.5 Å². The molecule has 6 heteroatoms. The molecule has 0 bridgehead atoms. The van der Waals surface area contributed by atoms with Crippen LogP contribution in [-0.4, -0.2) is 10.7 Å². The van der Waals surface area contributed by atoms with E-state index in [1.54, 1.807) is 20.8 Å². The lowest BCUT2D eigenvalue weighted by Crippen LogP contribution is -2.22. The Morgan fingerprint density at radius 1 is 1.37 bits per heavy atom. The molecule has 0 aromatic heterocycles. The van der Waals surface area contributed by atoms with Gasteiger partial charge < -0.3 is 0 Å². The Labute approximate surface area is 109 Å². The molecule has 0 aliphatic rings. The molecule has 19 heavy (non-hydrogen) atoms. The van der Waals surface area contributed by atoms with Gasteiger partial charge in [-0.3, -0.25) is 14.9 Å². The monoisotopic (exact) mass is 271 g/mol. The first-order valence-corrected chi connectivity index (χ1v) is 5.71. The van der Waals surface area contributed by atoms with E-state index in [0.717, 1.165) is 12.1 Å². The molecule has 1 rings (SSSR count). The molecule has 1 aromatic rings. The van der Waals surface area contributed by atoms with Crippen LogP contribution in [0, 0.1) is 15.5 Å². The number of ketones is 1. The molecule has 0 atom stereocenters. The van der Waals surface area contributed by atoms with Gasteiger partial charge in [-0.1, -0.05) is 26.8 Å². The Hall–Kier alpha value is -1.85. The summed E-state index contributed by atoms with van der Waals surface area (Å²) in [6.07, 6.45) is -3.00. The maximum Gasteiger partial charge on any atom is 0.269 e. The maximum absolute atomic E-state index is 12.9. The molecule has 0 saturated carbocycles. The van der Waals surface area contributed by atoms with E-state index in [9.17, 15) is 23.7 Å². The lowest BCUT2D eigenvalue weighted by Gasteiger charge is -2.17. The van der Waals surface area contributed by atoms with Crippen molar-refractivity contribution in [3.05, 3.63) is 39.4 Å². The van der Waals surface area contributed by atoms with Crippen LogP contribution in [0.15, 0.2) is 18.2 Å². The number of rotatable bonds is 4. The van der Waals surface area contributed by atoms with Gasteiger partial charge in [0.15, 0.2) is 0 Å². The van der Waals surface area contributed by atoms with Gasteiger partial charge in [0.05, 0.1) is 4.92 Å². The highest BCUT2D eigenvalue weighted by molar-refractivity contribution is 5.86. The van der Waals surface area contributed by atoms with Crippen molar-refractivity contribution in [1.82, 2.24) is 0 Å². The molecule has 104 valence electrons. The minimum Gasteiger partial charge on any atom is -0.299 e. The molecule has 0 aliphatic heterocycles. The largest absolute Gasteiger partial charge is 0.299 e. The van der Waals surface area contributed by atoms with Gasteiger partial charge in [-0.25, -0.2) is 8.78 Å². The summed E-state index contributed by atoms with van der Waals surface area (Å²) in [4.78, 5) is 21.7. The molecule has 4 nitrogen and oxygen atoms in total. The van der Waals surface area contributed by atoms with Crippen LogP contribution in [-0.2, 0) is 11.2 Å². The number of halogens is 2. The SMILES string of the molecule is CC(C)(C)C(=O)Cc1ccc([N+](=O)[O-])cc1C(F)F. The highest BCUT2D eigenvalue weighted by Gasteiger charge is 2.25. The molecule has 0 saturated heterocycles. The summed E-state index contributed by atoms with van der Waals surface area (Å²) < 4.78 is 25.8. The number of nitro groups is 1. The van der Waals surface area contributed by atoms with Gasteiger partial charge >= 0.3 is 0 Å². The van der Waals surface area contributed by atoms with Crippen LogP contribution in [0.5, 0.6) is 0 Å². The van der Waals surface area contributed by atoms with Crippen LogP contribution in [0.2, 0.25) is 0 Å². The number of alkyl halides is 2. The second-order valence-corrected chi connectivity index (χ2v) is 5.29. The molecular formula is C13H15F2NO3. The average Bonchev–Trinajstić information content (AvgIpc) is 2.27. The molecule has 0 unspecified atom stereocenters. The highest BCUT2D eigenvalue weighted by Crippen LogP contribution is 2.29. The number of hydrogen-bond donors (Lipinski definition) is 0. The molecule has 0 heterocycles. The van der Waals surface area contributed by atoms with Crippen molar-refractivity contribution in [2.24, 2.45) is 5.41 Å². The predicted octanol–water partition coefficient (Wildman–Crippen LogP) is 3.69. The minimum absolute atomic E-state index is 0.139. The Bertz CT molecular complexity index is 507. The molecule has 0 amide bonds. The number of benzene rings is 1. The third-order valence-electron chi connectivity index (χ3n) is 2.76. The van der Waals surface area contributed by atoms with Crippen LogP contribution in [0.25, 0.3) is 0 Å². The fraction of sp³-hybridized carbons (Fsp3) is 0.462. The lowest BCUT2D eigenvalue weighted by molar-refractivity contribution is -0.385. The molecule has 1 aromatic carbocycles. The summed E-state index contributed by atoms with van der Waals surface area (Å²) in [6.45, 7) is 5.09. The van der Waals surface area contributed by atoms with Crippen molar-refractivity contribution in [2.45, 2.75) is 33.6 Å². The first kappa shape index (κ1) is 15.2. The predicted molar refractivity (Wildman–Crippen MR) is 66.2 cm³/mol. The van der Waals surface area contributed by atoms with E-state index in [1.807, 2.05) is 0 Å². The van der Waals surface area contributed by atoms with Gasteiger partial charge in [0.25, 0.3) is 12.1 Å².